The van der Waals surface area contributed by atoms with Gasteiger partial charge in [0.1, 0.15) is 5.75 Å². The van der Waals surface area contributed by atoms with Crippen molar-refractivity contribution in [3.63, 3.8) is 0 Å². The van der Waals surface area contributed by atoms with Crippen LogP contribution < -0.4 is 15.6 Å². The minimum Gasteiger partial charge on any atom is -0.507 e. The average molecular weight is 530 g/mol. The van der Waals surface area contributed by atoms with Crippen LogP contribution in [-0.2, 0) is 4.74 Å². The lowest BCUT2D eigenvalue weighted by atomic mass is 10.2. The molecule has 1 fully saturated rings. The molecular weight excluding hydrogens is 506 g/mol. The molecule has 4 aromatic rings. The van der Waals surface area contributed by atoms with E-state index in [9.17, 15) is 5.11 Å². The quantitative estimate of drug-likeness (QED) is 0.151. The maximum Gasteiger partial charge on any atom is 0.250 e. The van der Waals surface area contributed by atoms with E-state index in [1.165, 1.54) is 12.3 Å². The van der Waals surface area contributed by atoms with Crippen LogP contribution >= 0.6 is 11.6 Å². The number of azo groups is 1. The third kappa shape index (κ3) is 6.78. The van der Waals surface area contributed by atoms with Gasteiger partial charge in [-0.3, -0.25) is 0 Å². The number of hydrazone groups is 1. The molecule has 2 heterocycles. The average Bonchev–Trinajstić information content (AvgIpc) is 2.94. The van der Waals surface area contributed by atoms with Gasteiger partial charge in [0.05, 0.1) is 30.8 Å². The van der Waals surface area contributed by atoms with Crippen molar-refractivity contribution < 1.29 is 9.84 Å². The van der Waals surface area contributed by atoms with E-state index in [4.69, 9.17) is 16.3 Å². The predicted octanol–water partition coefficient (Wildman–Crippen LogP) is 5.67. The fourth-order valence-corrected chi connectivity index (χ4v) is 3.73. The van der Waals surface area contributed by atoms with E-state index in [1.54, 1.807) is 36.4 Å². The Labute approximate surface area is 223 Å². The van der Waals surface area contributed by atoms with Crippen LogP contribution in [0.1, 0.15) is 5.56 Å². The number of hydrogen-bond acceptors (Lipinski definition) is 11. The summed E-state index contributed by atoms with van der Waals surface area (Å²) in [5, 5.41) is 26.7. The first-order valence-corrected chi connectivity index (χ1v) is 12.2. The Hall–Kier alpha value is -4.61. The van der Waals surface area contributed by atoms with Gasteiger partial charge in [-0.1, -0.05) is 35.9 Å². The van der Waals surface area contributed by atoms with Crippen molar-refractivity contribution in [2.75, 3.05) is 41.9 Å². The number of anilines is 4. The normalized spacial score (nSPS) is 13.8. The van der Waals surface area contributed by atoms with E-state index in [0.29, 0.717) is 60.2 Å². The van der Waals surface area contributed by atoms with Gasteiger partial charge < -0.3 is 20.1 Å². The Balaban J connectivity index is 1.34. The Kier molecular flexibility index (Phi) is 7.97. The number of morpholine rings is 1. The van der Waals surface area contributed by atoms with Crippen molar-refractivity contribution in [3.8, 4) is 5.75 Å². The van der Waals surface area contributed by atoms with E-state index in [-0.39, 0.29) is 11.7 Å². The number of halogens is 1. The standard InChI is InChI=1S/C26H24ClN9O2/c27-19-5-4-8-21(16-19)33-34-22-9-10-23(37)18(15-22)17-28-35-25-30-24(29-20-6-2-1-3-7-20)31-26(32-25)36-11-13-38-14-12-36/h1-10,15-17,37H,11-14H2,(H2,29,30,31,32,35)/b28-17-,34-33?. The highest BCUT2D eigenvalue weighted by atomic mass is 35.5. The van der Waals surface area contributed by atoms with Crippen LogP contribution in [0.15, 0.2) is 88.1 Å². The smallest absolute Gasteiger partial charge is 0.250 e. The Morgan fingerprint density at radius 1 is 0.868 bits per heavy atom. The second kappa shape index (κ2) is 12.1. The SMILES string of the molecule is Oc1ccc(N=Nc2cccc(Cl)c2)cc1/C=N\Nc1nc(Nc2ccccc2)nc(N2CCOCC2)n1. The number of aromatic nitrogens is 3. The first-order chi connectivity index (χ1) is 18.6. The van der Waals surface area contributed by atoms with Gasteiger partial charge in [0.25, 0.3) is 0 Å². The largest absolute Gasteiger partial charge is 0.507 e. The van der Waals surface area contributed by atoms with Crippen molar-refractivity contribution >= 4 is 52.7 Å². The highest BCUT2D eigenvalue weighted by Gasteiger charge is 2.16. The van der Waals surface area contributed by atoms with Gasteiger partial charge in [-0.2, -0.15) is 30.3 Å². The van der Waals surface area contributed by atoms with E-state index in [0.717, 1.165) is 5.69 Å². The monoisotopic (exact) mass is 529 g/mol. The number of phenolic OH excluding ortho intramolecular Hbond substituents is 1. The van der Waals surface area contributed by atoms with Crippen molar-refractivity contribution in [1.82, 2.24) is 15.0 Å². The maximum absolute atomic E-state index is 10.3. The number of para-hydroxylation sites is 1. The Morgan fingerprint density at radius 3 is 2.42 bits per heavy atom. The Bertz CT molecular complexity index is 1440. The number of ether oxygens (including phenoxy) is 1. The molecule has 0 amide bonds. The Morgan fingerprint density at radius 2 is 1.63 bits per heavy atom. The summed E-state index contributed by atoms with van der Waals surface area (Å²) in [6.45, 7) is 2.53. The van der Waals surface area contributed by atoms with Gasteiger partial charge in [0.2, 0.25) is 17.8 Å². The van der Waals surface area contributed by atoms with Crippen LogP contribution in [0.3, 0.4) is 0 Å². The van der Waals surface area contributed by atoms with Gasteiger partial charge in [0.15, 0.2) is 0 Å². The van der Waals surface area contributed by atoms with Gasteiger partial charge in [-0.15, -0.1) is 0 Å². The zero-order valence-corrected chi connectivity index (χ0v) is 21.0. The first kappa shape index (κ1) is 25.1. The molecule has 0 aliphatic carbocycles. The molecule has 0 radical (unpaired) electrons. The highest BCUT2D eigenvalue weighted by Crippen LogP contribution is 2.25. The lowest BCUT2D eigenvalue weighted by Gasteiger charge is -2.27. The fraction of sp³-hybridized carbons (Fsp3) is 0.154. The summed E-state index contributed by atoms with van der Waals surface area (Å²) in [6, 6.07) is 21.5. The second-order valence-corrected chi connectivity index (χ2v) is 8.60. The van der Waals surface area contributed by atoms with E-state index < -0.39 is 0 Å². The van der Waals surface area contributed by atoms with E-state index >= 15 is 0 Å². The number of hydrogen-bond donors (Lipinski definition) is 3. The molecule has 5 rings (SSSR count). The van der Waals surface area contributed by atoms with Crippen LogP contribution in [0.5, 0.6) is 5.75 Å². The lowest BCUT2D eigenvalue weighted by molar-refractivity contribution is 0.122. The van der Waals surface area contributed by atoms with Gasteiger partial charge in [-0.05, 0) is 48.5 Å². The molecule has 0 saturated carbocycles. The molecule has 0 unspecified atom stereocenters. The van der Waals surface area contributed by atoms with Crippen molar-refractivity contribution in [1.29, 1.82) is 0 Å². The van der Waals surface area contributed by atoms with Crippen LogP contribution in [0.25, 0.3) is 0 Å². The number of nitrogens with one attached hydrogen (secondary N) is 2. The van der Waals surface area contributed by atoms with Crippen molar-refractivity contribution in [2.45, 2.75) is 0 Å². The molecule has 192 valence electrons. The number of rotatable bonds is 8. The molecule has 0 spiro atoms. The van der Waals surface area contributed by atoms with Crippen LogP contribution in [0.4, 0.5) is 34.9 Å². The summed E-state index contributed by atoms with van der Waals surface area (Å²) in [7, 11) is 0. The highest BCUT2D eigenvalue weighted by molar-refractivity contribution is 6.30. The minimum atomic E-state index is 0.0355. The number of phenols is 1. The maximum atomic E-state index is 10.3. The molecule has 0 atom stereocenters. The molecule has 1 aromatic heterocycles. The van der Waals surface area contributed by atoms with Crippen LogP contribution in [0, 0.1) is 0 Å². The van der Waals surface area contributed by atoms with E-state index in [1.807, 2.05) is 35.2 Å². The molecule has 38 heavy (non-hydrogen) atoms. The fourth-order valence-electron chi connectivity index (χ4n) is 3.55. The van der Waals surface area contributed by atoms with Gasteiger partial charge in [0, 0.05) is 29.4 Å². The number of aromatic hydroxyl groups is 1. The minimum absolute atomic E-state index is 0.0355. The second-order valence-electron chi connectivity index (χ2n) is 8.17. The van der Waals surface area contributed by atoms with Crippen molar-refractivity contribution in [3.05, 3.63) is 83.4 Å². The molecule has 1 aliphatic heterocycles. The molecule has 12 heteroatoms. The summed E-state index contributed by atoms with van der Waals surface area (Å²) in [4.78, 5) is 15.6. The van der Waals surface area contributed by atoms with Gasteiger partial charge >= 0.3 is 0 Å². The number of benzene rings is 3. The summed E-state index contributed by atoms with van der Waals surface area (Å²) < 4.78 is 5.45. The lowest BCUT2D eigenvalue weighted by Crippen LogP contribution is -2.37. The molecule has 0 bridgehead atoms. The summed E-state index contributed by atoms with van der Waals surface area (Å²) >= 11 is 6.00. The molecule has 11 nitrogen and oxygen atoms in total. The van der Waals surface area contributed by atoms with Gasteiger partial charge in [-0.25, -0.2) is 5.43 Å². The molecule has 3 aromatic carbocycles. The number of nitrogens with zero attached hydrogens (tertiary/aromatic N) is 7. The summed E-state index contributed by atoms with van der Waals surface area (Å²) in [5.74, 6) is 1.16. The first-order valence-electron chi connectivity index (χ1n) is 11.8. The summed E-state index contributed by atoms with van der Waals surface area (Å²) in [6.07, 6.45) is 1.45. The van der Waals surface area contributed by atoms with Crippen molar-refractivity contribution in [2.24, 2.45) is 15.3 Å². The molecule has 1 aliphatic rings. The third-order valence-corrected chi connectivity index (χ3v) is 5.65. The molecular formula is C26H24ClN9O2. The third-order valence-electron chi connectivity index (χ3n) is 5.42. The zero-order valence-electron chi connectivity index (χ0n) is 20.2. The predicted molar refractivity (Wildman–Crippen MR) is 148 cm³/mol. The van der Waals surface area contributed by atoms with E-state index in [2.05, 4.69) is 41.0 Å². The topological polar surface area (TPSA) is 133 Å². The van der Waals surface area contributed by atoms with Crippen LogP contribution in [-0.4, -0.2) is 52.6 Å². The van der Waals surface area contributed by atoms with Crippen LogP contribution in [0.2, 0.25) is 5.02 Å². The summed E-state index contributed by atoms with van der Waals surface area (Å²) in [5.41, 5.74) is 5.27. The molecule has 3 N–H and O–H groups in total. The zero-order chi connectivity index (χ0) is 26.2. The molecule has 1 saturated heterocycles.